The molecule has 0 unspecified atom stereocenters. The number of aliphatic carboxylic acids is 1. The van der Waals surface area contributed by atoms with Crippen molar-refractivity contribution in [2.75, 3.05) is 0 Å². The number of carbonyl (C=O) groups excluding carboxylic acids is 1. The Labute approximate surface area is 94.1 Å². The van der Waals surface area contributed by atoms with E-state index >= 15 is 0 Å². The van der Waals surface area contributed by atoms with Crippen molar-refractivity contribution in [3.63, 3.8) is 0 Å². The molecule has 14 heavy (non-hydrogen) atoms. The van der Waals surface area contributed by atoms with Crippen LogP contribution < -0.4 is 0 Å². The fourth-order valence-electron chi connectivity index (χ4n) is 3.31. The third kappa shape index (κ3) is 0.844. The second-order valence-corrected chi connectivity index (χ2v) is 5.74. The second kappa shape index (κ2) is 2.62. The molecule has 6 atom stereocenters. The maximum atomic E-state index is 11.5. The third-order valence-electron chi connectivity index (χ3n) is 3.81. The molecular formula is C9H9IO4. The maximum absolute atomic E-state index is 11.5. The predicted octanol–water partition coefficient (Wildman–Crippen LogP) is 0.682. The van der Waals surface area contributed by atoms with Gasteiger partial charge in [-0.25, -0.2) is 0 Å². The lowest BCUT2D eigenvalue weighted by atomic mass is 9.80. The fourth-order valence-corrected chi connectivity index (χ4v) is 4.73. The molecule has 2 saturated carbocycles. The number of esters is 1. The van der Waals surface area contributed by atoms with Gasteiger partial charge in [0.2, 0.25) is 0 Å². The van der Waals surface area contributed by atoms with Crippen molar-refractivity contribution >= 4 is 34.5 Å². The largest absolute Gasteiger partial charge is 0.481 e. The lowest BCUT2D eigenvalue weighted by Crippen LogP contribution is -2.37. The quantitative estimate of drug-likeness (QED) is 0.440. The molecule has 1 N–H and O–H groups in total. The van der Waals surface area contributed by atoms with Crippen molar-refractivity contribution in [2.45, 2.75) is 16.4 Å². The van der Waals surface area contributed by atoms with E-state index in [1.54, 1.807) is 0 Å². The van der Waals surface area contributed by atoms with Crippen LogP contribution in [0.3, 0.4) is 0 Å². The molecule has 3 aliphatic rings. The molecule has 0 aromatic rings. The van der Waals surface area contributed by atoms with Gasteiger partial charge in [0, 0.05) is 5.92 Å². The summed E-state index contributed by atoms with van der Waals surface area (Å²) < 4.78 is 5.42. The smallest absolute Gasteiger partial charge is 0.310 e. The molecular weight excluding hydrogens is 299 g/mol. The molecule has 2 aliphatic carbocycles. The Hall–Kier alpha value is -0.330. The minimum atomic E-state index is -0.832. The SMILES string of the molecule is O=C1O[C@H]2[C@@H](I)[C@@H]3C[C@H]2[C@@H]1[C@@H]3C(=O)O. The Kier molecular flexibility index (Phi) is 1.67. The van der Waals surface area contributed by atoms with Crippen LogP contribution in [0.4, 0.5) is 0 Å². The standard InChI is InChI=1S/C9H9IO4/c10-6-2-1-3-5(4(2)8(11)12)9(13)14-7(3)6/h2-7H,1H2,(H,11,12)/t2-,3+,4-,5-,6+,7-/m1/s1. The van der Waals surface area contributed by atoms with Gasteiger partial charge in [-0.05, 0) is 12.3 Å². The third-order valence-corrected chi connectivity index (χ3v) is 5.44. The molecule has 4 nitrogen and oxygen atoms in total. The highest BCUT2D eigenvalue weighted by Gasteiger charge is 2.67. The zero-order valence-corrected chi connectivity index (χ0v) is 9.38. The van der Waals surface area contributed by atoms with Gasteiger partial charge in [0.1, 0.15) is 6.10 Å². The van der Waals surface area contributed by atoms with Crippen molar-refractivity contribution in [3.05, 3.63) is 0 Å². The van der Waals surface area contributed by atoms with Crippen LogP contribution in [-0.2, 0) is 14.3 Å². The van der Waals surface area contributed by atoms with Crippen LogP contribution in [-0.4, -0.2) is 27.1 Å². The number of hydrogen-bond donors (Lipinski definition) is 1. The highest BCUT2D eigenvalue weighted by Crippen LogP contribution is 2.59. The highest BCUT2D eigenvalue weighted by atomic mass is 127. The molecule has 0 radical (unpaired) electrons. The van der Waals surface area contributed by atoms with E-state index in [2.05, 4.69) is 22.6 Å². The number of carbonyl (C=O) groups is 2. The summed E-state index contributed by atoms with van der Waals surface area (Å²) in [5, 5.41) is 9.08. The fraction of sp³-hybridized carbons (Fsp3) is 0.778. The molecule has 0 amide bonds. The maximum Gasteiger partial charge on any atom is 0.310 e. The van der Waals surface area contributed by atoms with Gasteiger partial charge in [-0.1, -0.05) is 22.6 Å². The average Bonchev–Trinajstić information content (AvgIpc) is 2.67. The Morgan fingerprint density at radius 1 is 1.50 bits per heavy atom. The molecule has 2 bridgehead atoms. The molecule has 0 spiro atoms. The number of halogens is 1. The number of fused-ring (bicyclic) bond motifs is 1. The first kappa shape index (κ1) is 8.94. The molecule has 1 aliphatic heterocycles. The summed E-state index contributed by atoms with van der Waals surface area (Å²) in [7, 11) is 0. The zero-order chi connectivity index (χ0) is 10.0. The predicted molar refractivity (Wildman–Crippen MR) is 53.9 cm³/mol. The Morgan fingerprint density at radius 2 is 2.21 bits per heavy atom. The number of ether oxygens (including phenoxy) is 1. The van der Waals surface area contributed by atoms with E-state index in [-0.39, 0.29) is 33.8 Å². The number of rotatable bonds is 1. The van der Waals surface area contributed by atoms with E-state index in [1.807, 2.05) is 0 Å². The molecule has 3 rings (SSSR count). The summed E-state index contributed by atoms with van der Waals surface area (Å²) in [6.07, 6.45) is 0.847. The summed E-state index contributed by atoms with van der Waals surface area (Å²) >= 11 is 2.23. The van der Waals surface area contributed by atoms with E-state index in [0.29, 0.717) is 0 Å². The lowest BCUT2D eigenvalue weighted by molar-refractivity contribution is -0.151. The van der Waals surface area contributed by atoms with E-state index in [0.717, 1.165) is 6.42 Å². The Morgan fingerprint density at radius 3 is 2.86 bits per heavy atom. The van der Waals surface area contributed by atoms with Crippen LogP contribution in [0, 0.1) is 23.7 Å². The van der Waals surface area contributed by atoms with Crippen molar-refractivity contribution in [1.29, 1.82) is 0 Å². The van der Waals surface area contributed by atoms with Crippen LogP contribution in [0.25, 0.3) is 0 Å². The first-order valence-corrected chi connectivity index (χ1v) is 5.93. The lowest BCUT2D eigenvalue weighted by Gasteiger charge is -2.25. The molecule has 3 fully saturated rings. The minimum Gasteiger partial charge on any atom is -0.481 e. The Bertz CT molecular complexity index is 329. The van der Waals surface area contributed by atoms with Gasteiger partial charge in [-0.15, -0.1) is 0 Å². The first-order valence-electron chi connectivity index (χ1n) is 4.68. The number of alkyl halides is 1. The molecule has 1 heterocycles. The summed E-state index contributed by atoms with van der Waals surface area (Å²) in [5.41, 5.74) is 0. The van der Waals surface area contributed by atoms with Crippen LogP contribution in [0.1, 0.15) is 6.42 Å². The van der Waals surface area contributed by atoms with Gasteiger partial charge in [0.25, 0.3) is 0 Å². The van der Waals surface area contributed by atoms with Crippen LogP contribution in [0.2, 0.25) is 0 Å². The number of hydrogen-bond acceptors (Lipinski definition) is 3. The van der Waals surface area contributed by atoms with Crippen molar-refractivity contribution < 1.29 is 19.4 Å². The highest BCUT2D eigenvalue weighted by molar-refractivity contribution is 14.1. The van der Waals surface area contributed by atoms with Gasteiger partial charge in [-0.2, -0.15) is 0 Å². The molecule has 76 valence electrons. The minimum absolute atomic E-state index is 0.00583. The van der Waals surface area contributed by atoms with E-state index in [1.165, 1.54) is 0 Å². The number of carboxylic acids is 1. The summed E-state index contributed by atoms with van der Waals surface area (Å²) in [4.78, 5) is 22.5. The van der Waals surface area contributed by atoms with Crippen molar-refractivity contribution in [1.82, 2.24) is 0 Å². The van der Waals surface area contributed by atoms with Crippen LogP contribution in [0.5, 0.6) is 0 Å². The van der Waals surface area contributed by atoms with Crippen LogP contribution in [0.15, 0.2) is 0 Å². The van der Waals surface area contributed by atoms with Crippen molar-refractivity contribution in [3.8, 4) is 0 Å². The molecule has 1 saturated heterocycles. The average molecular weight is 308 g/mol. The molecule has 0 aromatic carbocycles. The van der Waals surface area contributed by atoms with E-state index in [4.69, 9.17) is 9.84 Å². The van der Waals surface area contributed by atoms with Gasteiger partial charge in [0.15, 0.2) is 0 Å². The van der Waals surface area contributed by atoms with Gasteiger partial charge >= 0.3 is 11.9 Å². The summed E-state index contributed by atoms with van der Waals surface area (Å²) in [5.74, 6) is -1.65. The second-order valence-electron chi connectivity index (χ2n) is 4.30. The normalized spacial score (nSPS) is 53.6. The topological polar surface area (TPSA) is 63.6 Å². The van der Waals surface area contributed by atoms with Crippen LogP contribution >= 0.6 is 22.6 Å². The zero-order valence-electron chi connectivity index (χ0n) is 7.22. The van der Waals surface area contributed by atoms with Gasteiger partial charge in [0.05, 0.1) is 15.8 Å². The molecule has 0 aromatic heterocycles. The first-order chi connectivity index (χ1) is 6.61. The van der Waals surface area contributed by atoms with Gasteiger partial charge < -0.3 is 9.84 Å². The summed E-state index contributed by atoms with van der Waals surface area (Å²) in [6, 6.07) is 0. The van der Waals surface area contributed by atoms with E-state index < -0.39 is 11.9 Å². The van der Waals surface area contributed by atoms with Gasteiger partial charge in [-0.3, -0.25) is 9.59 Å². The monoisotopic (exact) mass is 308 g/mol. The Balaban J connectivity index is 2.04. The molecule has 5 heteroatoms. The number of carboxylic acid groups (broad SMARTS) is 1. The summed E-state index contributed by atoms with van der Waals surface area (Å²) in [6.45, 7) is 0. The van der Waals surface area contributed by atoms with Crippen molar-refractivity contribution in [2.24, 2.45) is 23.7 Å². The van der Waals surface area contributed by atoms with E-state index in [9.17, 15) is 9.59 Å².